The van der Waals surface area contributed by atoms with E-state index in [1.807, 2.05) is 38.1 Å². The van der Waals surface area contributed by atoms with Gasteiger partial charge in [-0.3, -0.25) is 9.36 Å². The van der Waals surface area contributed by atoms with Gasteiger partial charge in [-0.25, -0.2) is 0 Å². The largest absolute Gasteiger partial charge is 0.378 e. The van der Waals surface area contributed by atoms with Crippen molar-refractivity contribution in [1.29, 1.82) is 0 Å². The molecule has 0 N–H and O–H groups in total. The molecule has 0 aliphatic carbocycles. The number of Topliss-reactive ketones (excluding diaryl/α,β-unsaturated/α-hetero) is 1. The molecule has 1 aliphatic rings. The summed E-state index contributed by atoms with van der Waals surface area (Å²) >= 11 is 1.43. The topological polar surface area (TPSA) is 60.2 Å². The Kier molecular flexibility index (Phi) is 6.20. The smallest absolute Gasteiger partial charge is 0.232 e. The summed E-state index contributed by atoms with van der Waals surface area (Å²) < 4.78 is 7.55. The van der Waals surface area contributed by atoms with E-state index in [0.717, 1.165) is 52.1 Å². The average Bonchev–Trinajstić information content (AvgIpc) is 3.18. The molecule has 0 spiro atoms. The number of anilines is 1. The van der Waals surface area contributed by atoms with Gasteiger partial charge in [0, 0.05) is 18.7 Å². The maximum absolute atomic E-state index is 12.9. The van der Waals surface area contributed by atoms with Gasteiger partial charge in [0.2, 0.25) is 5.95 Å². The Morgan fingerprint density at radius 3 is 2.57 bits per heavy atom. The monoisotopic (exact) mass is 422 g/mol. The third-order valence-electron chi connectivity index (χ3n) is 5.20. The van der Waals surface area contributed by atoms with Crippen LogP contribution in [0.5, 0.6) is 0 Å². The number of ether oxygens (including phenoxy) is 1. The van der Waals surface area contributed by atoms with Crippen molar-refractivity contribution in [2.45, 2.75) is 25.9 Å². The zero-order chi connectivity index (χ0) is 21.1. The van der Waals surface area contributed by atoms with E-state index in [1.165, 1.54) is 11.8 Å². The maximum atomic E-state index is 12.9. The predicted octanol–water partition coefficient (Wildman–Crippen LogP) is 4.00. The number of hydrogen-bond acceptors (Lipinski definition) is 6. The van der Waals surface area contributed by atoms with Gasteiger partial charge in [0.15, 0.2) is 10.9 Å². The summed E-state index contributed by atoms with van der Waals surface area (Å²) in [5.74, 6) is 1.22. The highest BCUT2D eigenvalue weighted by molar-refractivity contribution is 7.99. The van der Waals surface area contributed by atoms with Crippen molar-refractivity contribution in [2.24, 2.45) is 0 Å². The fraction of sp³-hybridized carbons (Fsp3) is 0.348. The third-order valence-corrected chi connectivity index (χ3v) is 6.12. The van der Waals surface area contributed by atoms with Crippen molar-refractivity contribution in [3.05, 3.63) is 64.7 Å². The molecule has 3 aromatic rings. The molecule has 1 saturated heterocycles. The summed E-state index contributed by atoms with van der Waals surface area (Å²) in [7, 11) is 0. The van der Waals surface area contributed by atoms with E-state index in [9.17, 15) is 4.79 Å². The summed E-state index contributed by atoms with van der Waals surface area (Å²) in [4.78, 5) is 15.1. The number of ketones is 1. The van der Waals surface area contributed by atoms with E-state index in [-0.39, 0.29) is 5.78 Å². The summed E-state index contributed by atoms with van der Waals surface area (Å²) in [5, 5.41) is 9.65. The normalized spacial score (nSPS) is 14.2. The molecule has 30 heavy (non-hydrogen) atoms. The molecule has 1 aliphatic heterocycles. The minimum atomic E-state index is 0.105. The molecule has 0 bridgehead atoms. The second-order valence-electron chi connectivity index (χ2n) is 7.59. The Bertz CT molecular complexity index is 1060. The van der Waals surface area contributed by atoms with Gasteiger partial charge in [0.05, 0.1) is 24.7 Å². The Balaban J connectivity index is 1.63. The first kappa shape index (κ1) is 20.6. The molecular weight excluding hydrogens is 396 g/mol. The van der Waals surface area contributed by atoms with E-state index >= 15 is 0 Å². The number of morpholine rings is 1. The van der Waals surface area contributed by atoms with Gasteiger partial charge in [-0.15, -0.1) is 10.2 Å². The number of benzene rings is 2. The molecule has 1 fully saturated rings. The first-order chi connectivity index (χ1) is 14.5. The van der Waals surface area contributed by atoms with E-state index < -0.39 is 0 Å². The number of hydrogen-bond donors (Lipinski definition) is 0. The van der Waals surface area contributed by atoms with Crippen molar-refractivity contribution >= 4 is 23.5 Å². The van der Waals surface area contributed by atoms with Crippen LogP contribution in [0.2, 0.25) is 0 Å². The minimum absolute atomic E-state index is 0.105. The average molecular weight is 423 g/mol. The molecular formula is C23H26N4O2S. The fourth-order valence-electron chi connectivity index (χ4n) is 3.56. The number of rotatable bonds is 6. The van der Waals surface area contributed by atoms with Gasteiger partial charge in [0.25, 0.3) is 0 Å². The van der Waals surface area contributed by atoms with E-state index in [4.69, 9.17) is 4.74 Å². The van der Waals surface area contributed by atoms with Crippen LogP contribution in [0.1, 0.15) is 27.0 Å². The molecule has 0 saturated carbocycles. The lowest BCUT2D eigenvalue weighted by molar-refractivity contribution is 0.102. The standard InChI is InChI=1S/C23H26N4O2S/c1-16-5-4-6-19(13-16)27-22(26-9-11-29-12-10-26)24-25-23(27)30-15-21(28)20-14-17(2)7-8-18(20)3/h4-8,13-14H,9-12,15H2,1-3H3. The van der Waals surface area contributed by atoms with Gasteiger partial charge < -0.3 is 9.64 Å². The lowest BCUT2D eigenvalue weighted by Crippen LogP contribution is -2.37. The fourth-order valence-corrected chi connectivity index (χ4v) is 4.39. The van der Waals surface area contributed by atoms with E-state index in [1.54, 1.807) is 0 Å². The molecule has 6 nitrogen and oxygen atoms in total. The first-order valence-electron chi connectivity index (χ1n) is 10.1. The SMILES string of the molecule is Cc1cccc(-n2c(SCC(=O)c3cc(C)ccc3C)nnc2N2CCOCC2)c1. The number of carbonyl (C=O) groups is 1. The number of aryl methyl sites for hydroxylation is 3. The van der Waals surface area contributed by atoms with Crippen LogP contribution in [0.4, 0.5) is 5.95 Å². The van der Waals surface area contributed by atoms with Crippen molar-refractivity contribution in [1.82, 2.24) is 14.8 Å². The Hall–Kier alpha value is -2.64. The van der Waals surface area contributed by atoms with Crippen molar-refractivity contribution in [3.63, 3.8) is 0 Å². The van der Waals surface area contributed by atoms with Crippen LogP contribution < -0.4 is 4.90 Å². The highest BCUT2D eigenvalue weighted by Crippen LogP contribution is 2.28. The van der Waals surface area contributed by atoms with Crippen LogP contribution in [-0.4, -0.2) is 52.6 Å². The number of aromatic nitrogens is 3. The van der Waals surface area contributed by atoms with Crippen molar-refractivity contribution < 1.29 is 9.53 Å². The maximum Gasteiger partial charge on any atom is 0.232 e. The molecule has 0 unspecified atom stereocenters. The van der Waals surface area contributed by atoms with Gasteiger partial charge in [-0.05, 0) is 50.1 Å². The second-order valence-corrected chi connectivity index (χ2v) is 8.53. The van der Waals surface area contributed by atoms with Gasteiger partial charge in [0.1, 0.15) is 0 Å². The molecule has 7 heteroatoms. The molecule has 0 radical (unpaired) electrons. The summed E-state index contributed by atoms with van der Waals surface area (Å²) in [6, 6.07) is 14.3. The quantitative estimate of drug-likeness (QED) is 0.442. The Morgan fingerprint density at radius 1 is 1.03 bits per heavy atom. The summed E-state index contributed by atoms with van der Waals surface area (Å²) in [6.07, 6.45) is 0. The Labute approximate surface area is 181 Å². The lowest BCUT2D eigenvalue weighted by atomic mass is 10.0. The van der Waals surface area contributed by atoms with Crippen LogP contribution >= 0.6 is 11.8 Å². The number of carbonyl (C=O) groups excluding carboxylic acids is 1. The summed E-state index contributed by atoms with van der Waals surface area (Å²) in [6.45, 7) is 8.95. The van der Waals surface area contributed by atoms with E-state index in [2.05, 4.69) is 44.8 Å². The van der Waals surface area contributed by atoms with E-state index in [0.29, 0.717) is 19.0 Å². The highest BCUT2D eigenvalue weighted by atomic mass is 32.2. The molecule has 2 heterocycles. The first-order valence-corrected chi connectivity index (χ1v) is 11.1. The molecule has 1 aromatic heterocycles. The number of nitrogens with zero attached hydrogens (tertiary/aromatic N) is 4. The molecule has 0 amide bonds. The zero-order valence-corrected chi connectivity index (χ0v) is 18.4. The van der Waals surface area contributed by atoms with Crippen LogP contribution in [0.3, 0.4) is 0 Å². The molecule has 2 aromatic carbocycles. The van der Waals surface area contributed by atoms with Crippen molar-refractivity contribution in [2.75, 3.05) is 37.0 Å². The predicted molar refractivity (Wildman–Crippen MR) is 120 cm³/mol. The molecule has 4 rings (SSSR count). The lowest BCUT2D eigenvalue weighted by Gasteiger charge is -2.28. The molecule has 0 atom stereocenters. The highest BCUT2D eigenvalue weighted by Gasteiger charge is 2.22. The zero-order valence-electron chi connectivity index (χ0n) is 17.6. The van der Waals surface area contributed by atoms with Crippen LogP contribution in [-0.2, 0) is 4.74 Å². The van der Waals surface area contributed by atoms with Crippen LogP contribution in [0.25, 0.3) is 5.69 Å². The van der Waals surface area contributed by atoms with Crippen LogP contribution in [0, 0.1) is 20.8 Å². The third kappa shape index (κ3) is 4.42. The van der Waals surface area contributed by atoms with Gasteiger partial charge in [-0.2, -0.15) is 0 Å². The van der Waals surface area contributed by atoms with Crippen LogP contribution in [0.15, 0.2) is 47.6 Å². The minimum Gasteiger partial charge on any atom is -0.378 e. The second kappa shape index (κ2) is 9.02. The number of thioether (sulfide) groups is 1. The summed E-state index contributed by atoms with van der Waals surface area (Å²) in [5.41, 5.74) is 5.03. The van der Waals surface area contributed by atoms with Crippen molar-refractivity contribution in [3.8, 4) is 5.69 Å². The van der Waals surface area contributed by atoms with Gasteiger partial charge in [-0.1, -0.05) is 41.6 Å². The Morgan fingerprint density at radius 2 is 1.80 bits per heavy atom. The van der Waals surface area contributed by atoms with Gasteiger partial charge >= 0.3 is 0 Å². The molecule has 156 valence electrons.